The third-order valence-electron chi connectivity index (χ3n) is 6.97. The minimum absolute atomic E-state index is 0.273. The molecule has 2 aromatic rings. The van der Waals surface area contributed by atoms with Crippen LogP contribution in [0.25, 0.3) is 0 Å². The van der Waals surface area contributed by atoms with Gasteiger partial charge in [-0.05, 0) is 97.9 Å². The van der Waals surface area contributed by atoms with E-state index in [1.54, 1.807) is 12.3 Å². The lowest BCUT2D eigenvalue weighted by Crippen LogP contribution is -2.47. The maximum atomic E-state index is 9.83. The minimum atomic E-state index is 0.273. The average Bonchev–Trinajstić information content (AvgIpc) is 2.61. The monoisotopic (exact) mass is 345 g/mol. The molecule has 2 nitrogen and oxygen atoms in total. The summed E-state index contributed by atoms with van der Waals surface area (Å²) in [7, 11) is 0. The fraction of sp³-hybridized carbons (Fsp3) is 0.458. The lowest BCUT2D eigenvalue weighted by Gasteiger charge is -2.57. The van der Waals surface area contributed by atoms with Crippen LogP contribution in [0, 0.1) is 23.2 Å². The summed E-state index contributed by atoms with van der Waals surface area (Å²) in [5, 5.41) is 9.83. The van der Waals surface area contributed by atoms with Gasteiger partial charge in [-0.3, -0.25) is 4.99 Å². The molecule has 0 spiro atoms. The molecule has 0 unspecified atom stereocenters. The highest BCUT2D eigenvalue weighted by atomic mass is 16.3. The number of hydrogen-bond acceptors (Lipinski definition) is 2. The number of phenols is 1. The summed E-state index contributed by atoms with van der Waals surface area (Å²) < 4.78 is 0. The van der Waals surface area contributed by atoms with Gasteiger partial charge in [-0.15, -0.1) is 0 Å². The van der Waals surface area contributed by atoms with Gasteiger partial charge in [0.25, 0.3) is 0 Å². The predicted molar refractivity (Wildman–Crippen MR) is 106 cm³/mol. The molecule has 0 atom stereocenters. The van der Waals surface area contributed by atoms with Crippen LogP contribution in [0.4, 0.5) is 5.69 Å². The second kappa shape index (κ2) is 6.26. The molecular formula is C24H27NO. The van der Waals surface area contributed by atoms with Gasteiger partial charge in [0.05, 0.1) is 5.69 Å². The fourth-order valence-corrected chi connectivity index (χ4v) is 6.38. The van der Waals surface area contributed by atoms with E-state index < -0.39 is 0 Å². The number of nitrogens with zero attached hydrogens (tertiary/aromatic N) is 1. The second-order valence-electron chi connectivity index (χ2n) is 9.08. The van der Waals surface area contributed by atoms with Gasteiger partial charge < -0.3 is 5.11 Å². The zero-order chi connectivity index (χ0) is 17.6. The third-order valence-corrected chi connectivity index (χ3v) is 6.97. The molecule has 26 heavy (non-hydrogen) atoms. The molecule has 4 saturated carbocycles. The topological polar surface area (TPSA) is 32.6 Å². The summed E-state index contributed by atoms with van der Waals surface area (Å²) >= 11 is 0. The van der Waals surface area contributed by atoms with Gasteiger partial charge in [0, 0.05) is 11.8 Å². The average molecular weight is 345 g/mol. The number of aliphatic imine (C=N–C) groups is 1. The predicted octanol–water partition coefficient (Wildman–Crippen LogP) is 5.90. The van der Waals surface area contributed by atoms with Crippen molar-refractivity contribution in [1.29, 1.82) is 0 Å². The standard InChI is InChI=1S/C24H27NO/c26-23-4-2-1-3-21(23)16-25-22-7-5-17(6-8-22)12-24-13-18-9-19(14-24)11-20(10-18)15-24/h1-8,16,18-20,26H,9-15H2. The van der Waals surface area contributed by atoms with Crippen LogP contribution < -0.4 is 0 Å². The highest BCUT2D eigenvalue weighted by Crippen LogP contribution is 2.61. The zero-order valence-electron chi connectivity index (χ0n) is 15.3. The van der Waals surface area contributed by atoms with E-state index >= 15 is 0 Å². The van der Waals surface area contributed by atoms with Gasteiger partial charge in [-0.2, -0.15) is 0 Å². The van der Waals surface area contributed by atoms with Crippen molar-refractivity contribution < 1.29 is 5.11 Å². The first-order chi connectivity index (χ1) is 12.7. The van der Waals surface area contributed by atoms with Crippen LogP contribution in [0.15, 0.2) is 53.5 Å². The molecule has 0 amide bonds. The van der Waals surface area contributed by atoms with Crippen molar-refractivity contribution in [2.45, 2.75) is 44.9 Å². The van der Waals surface area contributed by atoms with Gasteiger partial charge in [-0.25, -0.2) is 0 Å². The molecule has 0 aliphatic heterocycles. The zero-order valence-corrected chi connectivity index (χ0v) is 15.3. The van der Waals surface area contributed by atoms with Crippen molar-refractivity contribution in [2.24, 2.45) is 28.2 Å². The molecule has 4 bridgehead atoms. The Hall–Kier alpha value is -2.09. The molecule has 2 aromatic carbocycles. The van der Waals surface area contributed by atoms with Crippen molar-refractivity contribution in [3.05, 3.63) is 59.7 Å². The molecule has 134 valence electrons. The van der Waals surface area contributed by atoms with Gasteiger partial charge in [0.2, 0.25) is 0 Å². The van der Waals surface area contributed by atoms with E-state index in [4.69, 9.17) is 0 Å². The summed E-state index contributed by atoms with van der Waals surface area (Å²) in [6.07, 6.45) is 11.9. The van der Waals surface area contributed by atoms with Crippen molar-refractivity contribution >= 4 is 11.9 Å². The van der Waals surface area contributed by atoms with Gasteiger partial charge in [-0.1, -0.05) is 24.3 Å². The molecule has 4 fully saturated rings. The quantitative estimate of drug-likeness (QED) is 0.687. The molecule has 1 N–H and O–H groups in total. The van der Waals surface area contributed by atoms with Gasteiger partial charge in [0.1, 0.15) is 5.75 Å². The third kappa shape index (κ3) is 3.06. The molecule has 0 aromatic heterocycles. The molecule has 0 saturated heterocycles. The molecular weight excluding hydrogens is 318 g/mol. The van der Waals surface area contributed by atoms with Crippen LogP contribution in [-0.4, -0.2) is 11.3 Å². The fourth-order valence-electron chi connectivity index (χ4n) is 6.38. The van der Waals surface area contributed by atoms with Crippen LogP contribution in [0.2, 0.25) is 0 Å². The Morgan fingerprint density at radius 2 is 1.50 bits per heavy atom. The Balaban J connectivity index is 1.29. The van der Waals surface area contributed by atoms with E-state index in [9.17, 15) is 5.11 Å². The van der Waals surface area contributed by atoms with Crippen molar-refractivity contribution in [3.8, 4) is 5.75 Å². The van der Waals surface area contributed by atoms with Crippen LogP contribution >= 0.6 is 0 Å². The van der Waals surface area contributed by atoms with E-state index in [1.807, 2.05) is 18.2 Å². The lowest BCUT2D eigenvalue weighted by molar-refractivity contribution is -0.0521. The lowest BCUT2D eigenvalue weighted by atomic mass is 9.48. The van der Waals surface area contributed by atoms with Crippen LogP contribution in [-0.2, 0) is 6.42 Å². The molecule has 0 heterocycles. The maximum Gasteiger partial charge on any atom is 0.124 e. The molecule has 6 rings (SSSR count). The van der Waals surface area contributed by atoms with Crippen LogP contribution in [0.5, 0.6) is 5.75 Å². The number of rotatable bonds is 4. The van der Waals surface area contributed by atoms with E-state index in [1.165, 1.54) is 50.5 Å². The van der Waals surface area contributed by atoms with Crippen molar-refractivity contribution in [3.63, 3.8) is 0 Å². The number of benzene rings is 2. The Morgan fingerprint density at radius 1 is 0.885 bits per heavy atom. The van der Waals surface area contributed by atoms with Gasteiger partial charge in [0.15, 0.2) is 0 Å². The summed E-state index contributed by atoms with van der Waals surface area (Å²) in [6, 6.07) is 16.1. The highest BCUT2D eigenvalue weighted by Gasteiger charge is 2.50. The SMILES string of the molecule is Oc1ccccc1C=Nc1ccc(CC23CC4CC(CC(C4)C2)C3)cc1. The normalized spacial score (nSPS) is 32.4. The summed E-state index contributed by atoms with van der Waals surface area (Å²) in [4.78, 5) is 4.52. The first-order valence-corrected chi connectivity index (χ1v) is 10.1. The number of phenolic OH excluding ortho intramolecular Hbond substituents is 1. The molecule has 2 heteroatoms. The Kier molecular flexibility index (Phi) is 3.88. The van der Waals surface area contributed by atoms with E-state index in [0.29, 0.717) is 5.41 Å². The summed E-state index contributed by atoms with van der Waals surface area (Å²) in [5.74, 6) is 3.32. The first-order valence-electron chi connectivity index (χ1n) is 10.1. The number of hydrogen-bond donors (Lipinski definition) is 1. The molecule has 0 radical (unpaired) electrons. The highest BCUT2D eigenvalue weighted by molar-refractivity contribution is 5.85. The Morgan fingerprint density at radius 3 is 2.12 bits per heavy atom. The smallest absolute Gasteiger partial charge is 0.124 e. The second-order valence-corrected chi connectivity index (χ2v) is 9.08. The maximum absolute atomic E-state index is 9.83. The first kappa shape index (κ1) is 16.1. The van der Waals surface area contributed by atoms with Gasteiger partial charge >= 0.3 is 0 Å². The Labute approximate surface area is 156 Å². The van der Waals surface area contributed by atoms with E-state index in [0.717, 1.165) is 29.0 Å². The van der Waals surface area contributed by atoms with Crippen molar-refractivity contribution in [2.75, 3.05) is 0 Å². The molecule has 4 aliphatic carbocycles. The Bertz CT molecular complexity index is 785. The van der Waals surface area contributed by atoms with Crippen LogP contribution in [0.3, 0.4) is 0 Å². The van der Waals surface area contributed by atoms with Crippen LogP contribution in [0.1, 0.15) is 49.7 Å². The van der Waals surface area contributed by atoms with E-state index in [2.05, 4.69) is 29.3 Å². The van der Waals surface area contributed by atoms with Crippen molar-refractivity contribution in [1.82, 2.24) is 0 Å². The number of aromatic hydroxyl groups is 1. The summed E-state index contributed by atoms with van der Waals surface area (Å²) in [5.41, 5.74) is 3.76. The molecule has 4 aliphatic rings. The number of para-hydroxylation sites is 1. The van der Waals surface area contributed by atoms with E-state index in [-0.39, 0.29) is 5.75 Å². The minimum Gasteiger partial charge on any atom is -0.507 e. The largest absolute Gasteiger partial charge is 0.507 e. The summed E-state index contributed by atoms with van der Waals surface area (Å²) in [6.45, 7) is 0.